The predicted molar refractivity (Wildman–Crippen MR) is 107 cm³/mol. The fourth-order valence-electron chi connectivity index (χ4n) is 3.16. The van der Waals surface area contributed by atoms with Crippen LogP contribution < -0.4 is 14.8 Å². The van der Waals surface area contributed by atoms with E-state index in [0.29, 0.717) is 48.9 Å². The van der Waals surface area contributed by atoms with Gasteiger partial charge in [0.2, 0.25) is 5.91 Å². The molecule has 1 fully saturated rings. The van der Waals surface area contributed by atoms with Crippen molar-refractivity contribution in [3.8, 4) is 11.5 Å². The molecule has 154 valence electrons. The van der Waals surface area contributed by atoms with Crippen molar-refractivity contribution in [2.75, 3.05) is 52.3 Å². The predicted octanol–water partition coefficient (Wildman–Crippen LogP) is 2.24. The zero-order chi connectivity index (χ0) is 20.8. The zero-order valence-electron chi connectivity index (χ0n) is 16.5. The highest BCUT2D eigenvalue weighted by molar-refractivity contribution is 5.95. The monoisotopic (exact) mass is 401 g/mol. The standard InChI is InChI=1S/C21H24FN3O4/c1-28-18-11-15(12-19(13-18)29-2)21(27)25-9-7-24(8-10-25)14-20(26)23-17-5-3-16(22)4-6-17/h3-6,11-13H,7-10,14H2,1-2H3,(H,23,26). The van der Waals surface area contributed by atoms with Gasteiger partial charge in [0.25, 0.3) is 5.91 Å². The van der Waals surface area contributed by atoms with E-state index in [2.05, 4.69) is 5.32 Å². The van der Waals surface area contributed by atoms with Crippen LogP contribution in [0.25, 0.3) is 0 Å². The summed E-state index contributed by atoms with van der Waals surface area (Å²) in [5, 5.41) is 2.75. The number of hydrogen-bond donors (Lipinski definition) is 1. The average molecular weight is 401 g/mol. The van der Waals surface area contributed by atoms with Gasteiger partial charge in [-0.15, -0.1) is 0 Å². The van der Waals surface area contributed by atoms with Crippen molar-refractivity contribution in [1.29, 1.82) is 0 Å². The molecule has 2 aromatic carbocycles. The Labute approximate surface area is 169 Å². The van der Waals surface area contributed by atoms with E-state index in [0.717, 1.165) is 0 Å². The summed E-state index contributed by atoms with van der Waals surface area (Å²) in [6.45, 7) is 2.42. The minimum atomic E-state index is -0.350. The van der Waals surface area contributed by atoms with E-state index in [1.54, 1.807) is 37.3 Å². The number of anilines is 1. The summed E-state index contributed by atoms with van der Waals surface area (Å²) in [6.07, 6.45) is 0. The van der Waals surface area contributed by atoms with Gasteiger partial charge >= 0.3 is 0 Å². The number of carbonyl (C=O) groups excluding carboxylic acids is 2. The summed E-state index contributed by atoms with van der Waals surface area (Å²) in [6, 6.07) is 10.7. The van der Waals surface area contributed by atoms with Gasteiger partial charge < -0.3 is 19.7 Å². The van der Waals surface area contributed by atoms with Gasteiger partial charge in [0.15, 0.2) is 0 Å². The second-order valence-electron chi connectivity index (χ2n) is 6.72. The van der Waals surface area contributed by atoms with Crippen LogP contribution in [-0.2, 0) is 4.79 Å². The normalized spacial score (nSPS) is 14.4. The second-order valence-corrected chi connectivity index (χ2v) is 6.72. The Morgan fingerprint density at radius 3 is 2.10 bits per heavy atom. The molecule has 0 bridgehead atoms. The Balaban J connectivity index is 1.52. The minimum absolute atomic E-state index is 0.0994. The number of amides is 2. The smallest absolute Gasteiger partial charge is 0.254 e. The Kier molecular flexibility index (Phi) is 6.66. The number of nitrogens with zero attached hydrogens (tertiary/aromatic N) is 2. The number of ether oxygens (including phenoxy) is 2. The second kappa shape index (κ2) is 9.38. The molecule has 2 amide bonds. The summed E-state index contributed by atoms with van der Waals surface area (Å²) < 4.78 is 23.4. The SMILES string of the molecule is COc1cc(OC)cc(C(=O)N2CCN(CC(=O)Nc3ccc(F)cc3)CC2)c1. The van der Waals surface area contributed by atoms with E-state index >= 15 is 0 Å². The van der Waals surface area contributed by atoms with Crippen molar-refractivity contribution in [1.82, 2.24) is 9.80 Å². The van der Waals surface area contributed by atoms with Crippen LogP contribution in [-0.4, -0.2) is 68.6 Å². The van der Waals surface area contributed by atoms with E-state index in [1.165, 1.54) is 24.3 Å². The third kappa shape index (κ3) is 5.45. The molecule has 1 heterocycles. The molecule has 0 radical (unpaired) electrons. The quantitative estimate of drug-likeness (QED) is 0.804. The van der Waals surface area contributed by atoms with Crippen molar-refractivity contribution < 1.29 is 23.5 Å². The summed E-state index contributed by atoms with van der Waals surface area (Å²) in [5.41, 5.74) is 1.06. The molecule has 2 aromatic rings. The van der Waals surface area contributed by atoms with Gasteiger partial charge in [-0.3, -0.25) is 14.5 Å². The molecule has 1 aliphatic rings. The highest BCUT2D eigenvalue weighted by atomic mass is 19.1. The first kappa shape index (κ1) is 20.6. The summed E-state index contributed by atoms with van der Waals surface area (Å²) >= 11 is 0. The third-order valence-corrected chi connectivity index (χ3v) is 4.75. The number of carbonyl (C=O) groups is 2. The summed E-state index contributed by atoms with van der Waals surface area (Å²) in [4.78, 5) is 28.7. The van der Waals surface area contributed by atoms with Gasteiger partial charge in [-0.05, 0) is 36.4 Å². The van der Waals surface area contributed by atoms with Crippen molar-refractivity contribution in [2.24, 2.45) is 0 Å². The van der Waals surface area contributed by atoms with E-state index in [-0.39, 0.29) is 24.2 Å². The molecule has 0 spiro atoms. The molecule has 8 heteroatoms. The lowest BCUT2D eigenvalue weighted by atomic mass is 10.1. The number of methoxy groups -OCH3 is 2. The molecule has 29 heavy (non-hydrogen) atoms. The maximum absolute atomic E-state index is 12.9. The highest BCUT2D eigenvalue weighted by Gasteiger charge is 2.24. The fraction of sp³-hybridized carbons (Fsp3) is 0.333. The van der Waals surface area contributed by atoms with Crippen LogP contribution in [0.4, 0.5) is 10.1 Å². The Bertz CT molecular complexity index is 842. The maximum atomic E-state index is 12.9. The van der Waals surface area contributed by atoms with Crippen LogP contribution in [0.5, 0.6) is 11.5 Å². The number of rotatable bonds is 6. The summed E-state index contributed by atoms with van der Waals surface area (Å²) in [5.74, 6) is 0.497. The van der Waals surface area contributed by atoms with Gasteiger partial charge in [0, 0.05) is 43.5 Å². The lowest BCUT2D eigenvalue weighted by molar-refractivity contribution is -0.117. The molecule has 0 unspecified atom stereocenters. The molecule has 1 aliphatic heterocycles. The zero-order valence-corrected chi connectivity index (χ0v) is 16.5. The molecule has 0 aliphatic carbocycles. The fourth-order valence-corrected chi connectivity index (χ4v) is 3.16. The number of nitrogens with one attached hydrogen (secondary N) is 1. The molecule has 0 saturated carbocycles. The van der Waals surface area contributed by atoms with Gasteiger partial charge in [-0.1, -0.05) is 0 Å². The molecule has 7 nitrogen and oxygen atoms in total. The van der Waals surface area contributed by atoms with E-state index in [1.807, 2.05) is 4.90 Å². The number of hydrogen-bond acceptors (Lipinski definition) is 5. The van der Waals surface area contributed by atoms with Crippen molar-refractivity contribution in [3.63, 3.8) is 0 Å². The Morgan fingerprint density at radius 1 is 0.966 bits per heavy atom. The first-order chi connectivity index (χ1) is 14.0. The van der Waals surface area contributed by atoms with Gasteiger partial charge in [-0.2, -0.15) is 0 Å². The van der Waals surface area contributed by atoms with Crippen molar-refractivity contribution in [2.45, 2.75) is 0 Å². The van der Waals surface area contributed by atoms with Gasteiger partial charge in [0.05, 0.1) is 20.8 Å². The molecular weight excluding hydrogens is 377 g/mol. The molecular formula is C21H24FN3O4. The van der Waals surface area contributed by atoms with E-state index in [9.17, 15) is 14.0 Å². The maximum Gasteiger partial charge on any atom is 0.254 e. The average Bonchev–Trinajstić information content (AvgIpc) is 2.75. The van der Waals surface area contributed by atoms with Gasteiger partial charge in [0.1, 0.15) is 17.3 Å². The van der Waals surface area contributed by atoms with Crippen LogP contribution in [0, 0.1) is 5.82 Å². The molecule has 1 N–H and O–H groups in total. The molecule has 3 rings (SSSR count). The Morgan fingerprint density at radius 2 is 1.55 bits per heavy atom. The minimum Gasteiger partial charge on any atom is -0.497 e. The molecule has 0 atom stereocenters. The van der Waals surface area contributed by atoms with Crippen LogP contribution in [0.1, 0.15) is 10.4 Å². The number of piperazine rings is 1. The number of benzene rings is 2. The summed E-state index contributed by atoms with van der Waals surface area (Å²) in [7, 11) is 3.08. The van der Waals surface area contributed by atoms with Crippen molar-refractivity contribution >= 4 is 17.5 Å². The van der Waals surface area contributed by atoms with Gasteiger partial charge in [-0.25, -0.2) is 4.39 Å². The highest BCUT2D eigenvalue weighted by Crippen LogP contribution is 2.23. The van der Waals surface area contributed by atoms with Crippen LogP contribution >= 0.6 is 0 Å². The van der Waals surface area contributed by atoms with E-state index in [4.69, 9.17) is 9.47 Å². The van der Waals surface area contributed by atoms with Crippen LogP contribution in [0.2, 0.25) is 0 Å². The lowest BCUT2D eigenvalue weighted by Gasteiger charge is -2.34. The first-order valence-corrected chi connectivity index (χ1v) is 9.28. The van der Waals surface area contributed by atoms with Crippen molar-refractivity contribution in [3.05, 3.63) is 53.8 Å². The van der Waals surface area contributed by atoms with Crippen LogP contribution in [0.15, 0.2) is 42.5 Å². The Hall–Kier alpha value is -3.13. The molecule has 0 aromatic heterocycles. The topological polar surface area (TPSA) is 71.1 Å². The largest absolute Gasteiger partial charge is 0.497 e. The van der Waals surface area contributed by atoms with Crippen LogP contribution in [0.3, 0.4) is 0 Å². The lowest BCUT2D eigenvalue weighted by Crippen LogP contribution is -2.50. The third-order valence-electron chi connectivity index (χ3n) is 4.75. The van der Waals surface area contributed by atoms with E-state index < -0.39 is 0 Å². The number of halogens is 1. The molecule has 1 saturated heterocycles. The first-order valence-electron chi connectivity index (χ1n) is 9.28.